The molecule has 0 unspecified atom stereocenters. The molecule has 3 rings (SSSR count). The van der Waals surface area contributed by atoms with Crippen molar-refractivity contribution in [1.29, 1.82) is 0 Å². The molecule has 108 valence electrons. The Balaban J connectivity index is 1.78. The number of nitrogen functional groups attached to an aromatic ring is 1. The van der Waals surface area contributed by atoms with Gasteiger partial charge < -0.3 is 10.3 Å². The molecule has 0 aliphatic carbocycles. The summed E-state index contributed by atoms with van der Waals surface area (Å²) in [5.41, 5.74) is 2.09. The van der Waals surface area contributed by atoms with Crippen LogP contribution in [-0.4, -0.2) is 25.1 Å². The van der Waals surface area contributed by atoms with Crippen LogP contribution < -0.4 is 5.84 Å². The minimum Gasteiger partial charge on any atom is -0.419 e. The number of aryl methyl sites for hydroxylation is 1. The maximum absolute atomic E-state index is 5.72. The monoisotopic (exact) mass is 302 g/mol. The molecule has 0 aliphatic heterocycles. The quantitative estimate of drug-likeness (QED) is 0.583. The summed E-state index contributed by atoms with van der Waals surface area (Å²) in [6.07, 6.45) is 1.45. The van der Waals surface area contributed by atoms with Gasteiger partial charge in [-0.2, -0.15) is 0 Å². The number of hydrogen-bond donors (Lipinski definition) is 1. The molecule has 0 saturated carbocycles. The summed E-state index contributed by atoms with van der Waals surface area (Å²) in [7, 11) is 0. The minimum absolute atomic E-state index is 0.0665. The summed E-state index contributed by atoms with van der Waals surface area (Å²) in [6.45, 7) is 3.98. The van der Waals surface area contributed by atoms with Gasteiger partial charge in [-0.1, -0.05) is 29.5 Å². The fraction of sp³-hybridized carbons (Fsp3) is 0.231. The molecule has 0 saturated heterocycles. The molecule has 1 atom stereocenters. The van der Waals surface area contributed by atoms with Crippen LogP contribution in [0.15, 0.2) is 40.2 Å². The molecule has 3 aromatic rings. The second kappa shape index (κ2) is 5.57. The maximum atomic E-state index is 5.72. The van der Waals surface area contributed by atoms with Crippen LogP contribution in [0.4, 0.5) is 0 Å². The van der Waals surface area contributed by atoms with Crippen molar-refractivity contribution in [3.8, 4) is 11.5 Å². The molecule has 0 aliphatic rings. The third kappa shape index (κ3) is 2.89. The molecule has 7 nitrogen and oxygen atoms in total. The van der Waals surface area contributed by atoms with Gasteiger partial charge in [-0.05, 0) is 26.0 Å². The fourth-order valence-electron chi connectivity index (χ4n) is 1.74. The molecule has 0 radical (unpaired) electrons. The van der Waals surface area contributed by atoms with Crippen molar-refractivity contribution in [1.82, 2.24) is 25.1 Å². The van der Waals surface area contributed by atoms with Gasteiger partial charge in [0, 0.05) is 5.56 Å². The lowest BCUT2D eigenvalue weighted by molar-refractivity contribution is 0.509. The Labute approximate surface area is 125 Å². The number of hydrogen-bond acceptors (Lipinski definition) is 7. The van der Waals surface area contributed by atoms with Crippen LogP contribution in [0.3, 0.4) is 0 Å². The first-order chi connectivity index (χ1) is 10.1. The van der Waals surface area contributed by atoms with Crippen LogP contribution in [0, 0.1) is 6.92 Å². The summed E-state index contributed by atoms with van der Waals surface area (Å²) >= 11 is 1.41. The number of rotatable bonds is 4. The topological polar surface area (TPSA) is 95.7 Å². The van der Waals surface area contributed by atoms with Crippen molar-refractivity contribution in [3.05, 3.63) is 42.0 Å². The molecule has 1 aromatic carbocycles. The summed E-state index contributed by atoms with van der Waals surface area (Å²) in [6, 6.07) is 7.93. The molecule has 8 heteroatoms. The number of nitrogens with two attached hydrogens (primary N) is 1. The zero-order valence-corrected chi connectivity index (χ0v) is 12.4. The van der Waals surface area contributed by atoms with Crippen LogP contribution in [-0.2, 0) is 0 Å². The highest BCUT2D eigenvalue weighted by molar-refractivity contribution is 7.99. The SMILES string of the molecule is Cc1ccc(-c2nnc([C@@H](C)Sc3nncn3N)o2)cc1. The van der Waals surface area contributed by atoms with E-state index in [-0.39, 0.29) is 5.25 Å². The van der Waals surface area contributed by atoms with E-state index in [9.17, 15) is 0 Å². The van der Waals surface area contributed by atoms with Crippen LogP contribution in [0.25, 0.3) is 11.5 Å². The second-order valence-electron chi connectivity index (χ2n) is 4.59. The van der Waals surface area contributed by atoms with Crippen molar-refractivity contribution < 1.29 is 4.42 Å². The van der Waals surface area contributed by atoms with Gasteiger partial charge in [-0.25, -0.2) is 4.68 Å². The Morgan fingerprint density at radius 2 is 1.95 bits per heavy atom. The summed E-state index contributed by atoms with van der Waals surface area (Å²) < 4.78 is 7.08. The van der Waals surface area contributed by atoms with Gasteiger partial charge in [0.1, 0.15) is 6.33 Å². The molecule has 2 aromatic heterocycles. The number of thioether (sulfide) groups is 1. The molecular formula is C13H14N6OS. The van der Waals surface area contributed by atoms with Crippen LogP contribution >= 0.6 is 11.8 Å². The minimum atomic E-state index is -0.0665. The fourth-order valence-corrected chi connectivity index (χ4v) is 2.51. The van der Waals surface area contributed by atoms with E-state index < -0.39 is 0 Å². The predicted octanol–water partition coefficient (Wildman–Crippen LogP) is 2.20. The van der Waals surface area contributed by atoms with E-state index in [1.54, 1.807) is 0 Å². The molecule has 2 N–H and O–H groups in total. The van der Waals surface area contributed by atoms with Gasteiger partial charge in [0.25, 0.3) is 0 Å². The maximum Gasteiger partial charge on any atom is 0.247 e. The van der Waals surface area contributed by atoms with E-state index >= 15 is 0 Å². The summed E-state index contributed by atoms with van der Waals surface area (Å²) in [5, 5.41) is 16.3. The first-order valence-corrected chi connectivity index (χ1v) is 7.23. The van der Waals surface area contributed by atoms with E-state index in [4.69, 9.17) is 10.3 Å². The average molecular weight is 302 g/mol. The van der Waals surface area contributed by atoms with Gasteiger partial charge in [-0.3, -0.25) is 0 Å². The Kier molecular flexibility index (Phi) is 3.61. The predicted molar refractivity (Wildman–Crippen MR) is 78.9 cm³/mol. The highest BCUT2D eigenvalue weighted by Gasteiger charge is 2.18. The van der Waals surface area contributed by atoms with Gasteiger partial charge in [0.05, 0.1) is 5.25 Å². The second-order valence-corrected chi connectivity index (χ2v) is 5.90. The Morgan fingerprint density at radius 1 is 1.19 bits per heavy atom. The van der Waals surface area contributed by atoms with E-state index in [1.165, 1.54) is 28.3 Å². The third-order valence-electron chi connectivity index (χ3n) is 2.91. The van der Waals surface area contributed by atoms with E-state index in [1.807, 2.05) is 38.1 Å². The van der Waals surface area contributed by atoms with Crippen molar-refractivity contribution >= 4 is 11.8 Å². The zero-order chi connectivity index (χ0) is 14.8. The summed E-state index contributed by atoms with van der Waals surface area (Å²) in [4.78, 5) is 0. The van der Waals surface area contributed by atoms with E-state index in [0.717, 1.165) is 5.56 Å². The standard InChI is InChI=1S/C13H14N6OS/c1-8-3-5-10(6-4-8)12-17-16-11(20-12)9(2)21-13-18-15-7-19(13)14/h3-7,9H,14H2,1-2H3/t9-/m1/s1. The van der Waals surface area contributed by atoms with E-state index in [0.29, 0.717) is 16.9 Å². The number of nitrogens with zero attached hydrogens (tertiary/aromatic N) is 5. The number of aromatic nitrogens is 5. The van der Waals surface area contributed by atoms with Crippen molar-refractivity contribution in [2.24, 2.45) is 0 Å². The summed E-state index contributed by atoms with van der Waals surface area (Å²) in [5.74, 6) is 6.71. The normalized spacial score (nSPS) is 12.5. The van der Waals surface area contributed by atoms with Crippen molar-refractivity contribution in [3.63, 3.8) is 0 Å². The molecule has 2 heterocycles. The lowest BCUT2D eigenvalue weighted by atomic mass is 10.1. The average Bonchev–Trinajstić information content (AvgIpc) is 3.10. The van der Waals surface area contributed by atoms with Crippen LogP contribution in [0.5, 0.6) is 0 Å². The molecular weight excluding hydrogens is 288 g/mol. The highest BCUT2D eigenvalue weighted by atomic mass is 32.2. The lowest BCUT2D eigenvalue weighted by Crippen LogP contribution is -2.08. The molecule has 0 fully saturated rings. The highest BCUT2D eigenvalue weighted by Crippen LogP contribution is 2.33. The molecule has 21 heavy (non-hydrogen) atoms. The largest absolute Gasteiger partial charge is 0.419 e. The van der Waals surface area contributed by atoms with Gasteiger partial charge in [0.2, 0.25) is 16.9 Å². The smallest absolute Gasteiger partial charge is 0.247 e. The first kappa shape index (κ1) is 13.6. The molecule has 0 bridgehead atoms. The molecule has 0 amide bonds. The van der Waals surface area contributed by atoms with Crippen molar-refractivity contribution in [2.45, 2.75) is 24.3 Å². The third-order valence-corrected chi connectivity index (χ3v) is 3.97. The Bertz CT molecular complexity index is 735. The zero-order valence-electron chi connectivity index (χ0n) is 11.6. The Morgan fingerprint density at radius 3 is 2.62 bits per heavy atom. The van der Waals surface area contributed by atoms with Gasteiger partial charge in [0.15, 0.2) is 0 Å². The van der Waals surface area contributed by atoms with Crippen molar-refractivity contribution in [2.75, 3.05) is 5.84 Å². The van der Waals surface area contributed by atoms with Crippen LogP contribution in [0.2, 0.25) is 0 Å². The Hall–Kier alpha value is -2.35. The van der Waals surface area contributed by atoms with Gasteiger partial charge >= 0.3 is 0 Å². The first-order valence-electron chi connectivity index (χ1n) is 6.35. The van der Waals surface area contributed by atoms with E-state index in [2.05, 4.69) is 20.4 Å². The number of benzene rings is 1. The molecule has 0 spiro atoms. The van der Waals surface area contributed by atoms with Crippen LogP contribution in [0.1, 0.15) is 23.6 Å². The van der Waals surface area contributed by atoms with Gasteiger partial charge in [-0.15, -0.1) is 20.4 Å². The lowest BCUT2D eigenvalue weighted by Gasteiger charge is -2.04.